The van der Waals surface area contributed by atoms with Crippen molar-refractivity contribution in [3.05, 3.63) is 23.9 Å². The maximum atomic E-state index is 10.4. The van der Waals surface area contributed by atoms with Gasteiger partial charge in [0.1, 0.15) is 12.1 Å². The molecule has 0 spiro atoms. The standard InChI is InChI=1S/C12H15N3O3.C2H6/c1-13-12-10(14-5-2-6-16)7-9(8-15-12)3-4-11(17)18;1-2/h3-4,6-8,14H,2,5H2,1H3,(H,13,15)(H,17,18);1-2H3/b4-3+;. The Kier molecular flexibility index (Phi) is 9.29. The van der Waals surface area contributed by atoms with Gasteiger partial charge in [0.15, 0.2) is 0 Å². The van der Waals surface area contributed by atoms with Gasteiger partial charge in [0.05, 0.1) is 5.69 Å². The van der Waals surface area contributed by atoms with Crippen molar-refractivity contribution in [2.24, 2.45) is 0 Å². The van der Waals surface area contributed by atoms with Crippen LogP contribution in [0.15, 0.2) is 18.3 Å². The Morgan fingerprint density at radius 3 is 2.70 bits per heavy atom. The Balaban J connectivity index is 0.00000172. The van der Waals surface area contributed by atoms with Gasteiger partial charge in [0, 0.05) is 32.3 Å². The number of pyridine rings is 1. The molecule has 0 aliphatic rings. The third kappa shape index (κ3) is 6.53. The van der Waals surface area contributed by atoms with Crippen molar-refractivity contribution in [2.45, 2.75) is 20.3 Å². The summed E-state index contributed by atoms with van der Waals surface area (Å²) in [5, 5.41) is 14.5. The van der Waals surface area contributed by atoms with Crippen molar-refractivity contribution in [2.75, 3.05) is 24.2 Å². The van der Waals surface area contributed by atoms with Crippen LogP contribution in [0.4, 0.5) is 11.5 Å². The van der Waals surface area contributed by atoms with Gasteiger partial charge >= 0.3 is 5.97 Å². The van der Waals surface area contributed by atoms with E-state index in [0.717, 1.165) is 18.0 Å². The summed E-state index contributed by atoms with van der Waals surface area (Å²) in [6.45, 7) is 4.51. The van der Waals surface area contributed by atoms with Crippen LogP contribution in [0.2, 0.25) is 0 Å². The zero-order valence-electron chi connectivity index (χ0n) is 12.0. The molecule has 1 aromatic heterocycles. The molecule has 0 aliphatic heterocycles. The number of carboxylic acid groups (broad SMARTS) is 1. The van der Waals surface area contributed by atoms with Crippen LogP contribution in [0.1, 0.15) is 25.8 Å². The molecule has 0 aliphatic carbocycles. The number of hydrogen-bond donors (Lipinski definition) is 3. The zero-order chi connectivity index (χ0) is 15.4. The number of aliphatic carboxylic acids is 1. The molecule has 0 saturated carbocycles. The van der Waals surface area contributed by atoms with Crippen molar-refractivity contribution in [1.82, 2.24) is 4.98 Å². The Morgan fingerprint density at radius 1 is 1.45 bits per heavy atom. The molecule has 0 atom stereocenters. The molecule has 110 valence electrons. The van der Waals surface area contributed by atoms with Crippen LogP contribution >= 0.6 is 0 Å². The second kappa shape index (κ2) is 10.5. The summed E-state index contributed by atoms with van der Waals surface area (Å²) in [5.74, 6) is -0.364. The van der Waals surface area contributed by atoms with E-state index in [1.165, 1.54) is 6.08 Å². The third-order valence-electron chi connectivity index (χ3n) is 2.14. The van der Waals surface area contributed by atoms with Gasteiger partial charge in [-0.05, 0) is 17.7 Å². The van der Waals surface area contributed by atoms with Gasteiger partial charge < -0.3 is 20.5 Å². The van der Waals surface area contributed by atoms with Gasteiger partial charge in [-0.15, -0.1) is 0 Å². The summed E-state index contributed by atoms with van der Waals surface area (Å²) in [6.07, 6.45) is 5.30. The summed E-state index contributed by atoms with van der Waals surface area (Å²) >= 11 is 0. The average molecular weight is 279 g/mol. The van der Waals surface area contributed by atoms with Crippen molar-refractivity contribution >= 4 is 29.8 Å². The summed E-state index contributed by atoms with van der Waals surface area (Å²) in [5.41, 5.74) is 1.40. The third-order valence-corrected chi connectivity index (χ3v) is 2.14. The normalized spacial score (nSPS) is 9.55. The summed E-state index contributed by atoms with van der Waals surface area (Å²) < 4.78 is 0. The van der Waals surface area contributed by atoms with Crippen LogP contribution in [0.3, 0.4) is 0 Å². The van der Waals surface area contributed by atoms with E-state index in [4.69, 9.17) is 5.11 Å². The molecule has 3 N–H and O–H groups in total. The first kappa shape index (κ1) is 17.6. The largest absolute Gasteiger partial charge is 0.478 e. The Hall–Kier alpha value is -2.37. The number of hydrogen-bond acceptors (Lipinski definition) is 5. The van der Waals surface area contributed by atoms with Gasteiger partial charge in [0.25, 0.3) is 0 Å². The van der Waals surface area contributed by atoms with E-state index in [-0.39, 0.29) is 0 Å². The van der Waals surface area contributed by atoms with Crippen LogP contribution in [-0.2, 0) is 9.59 Å². The van der Waals surface area contributed by atoms with Gasteiger partial charge in [-0.3, -0.25) is 0 Å². The van der Waals surface area contributed by atoms with Crippen molar-refractivity contribution in [3.8, 4) is 0 Å². The van der Waals surface area contributed by atoms with E-state index in [9.17, 15) is 9.59 Å². The highest BCUT2D eigenvalue weighted by molar-refractivity contribution is 5.85. The number of carbonyl (C=O) groups excluding carboxylic acids is 1. The fraction of sp³-hybridized carbons (Fsp3) is 0.357. The molecule has 0 fully saturated rings. The van der Waals surface area contributed by atoms with Crippen LogP contribution in [-0.4, -0.2) is 35.9 Å². The number of rotatable bonds is 7. The quantitative estimate of drug-likeness (QED) is 0.403. The highest BCUT2D eigenvalue weighted by Crippen LogP contribution is 2.20. The lowest BCUT2D eigenvalue weighted by Gasteiger charge is -2.10. The number of carbonyl (C=O) groups is 2. The fourth-order valence-corrected chi connectivity index (χ4v) is 1.34. The fourth-order valence-electron chi connectivity index (χ4n) is 1.34. The lowest BCUT2D eigenvalue weighted by Crippen LogP contribution is -2.06. The van der Waals surface area contributed by atoms with Gasteiger partial charge in [-0.1, -0.05) is 13.8 Å². The van der Waals surface area contributed by atoms with E-state index < -0.39 is 5.97 Å². The number of carboxylic acids is 1. The van der Waals surface area contributed by atoms with Crippen LogP contribution in [0, 0.1) is 0 Å². The van der Waals surface area contributed by atoms with Gasteiger partial charge in [-0.25, -0.2) is 9.78 Å². The Bertz CT molecular complexity index is 459. The molecule has 1 aromatic rings. The molecule has 0 saturated heterocycles. The highest BCUT2D eigenvalue weighted by Gasteiger charge is 2.02. The van der Waals surface area contributed by atoms with E-state index in [1.54, 1.807) is 19.3 Å². The Labute approximate surface area is 118 Å². The molecule has 0 radical (unpaired) electrons. The zero-order valence-corrected chi connectivity index (χ0v) is 12.0. The average Bonchev–Trinajstić information content (AvgIpc) is 2.47. The predicted molar refractivity (Wildman–Crippen MR) is 81.0 cm³/mol. The monoisotopic (exact) mass is 279 g/mol. The topological polar surface area (TPSA) is 91.3 Å². The van der Waals surface area contributed by atoms with Crippen molar-refractivity contribution in [1.29, 1.82) is 0 Å². The minimum Gasteiger partial charge on any atom is -0.478 e. The maximum absolute atomic E-state index is 10.4. The number of aldehydes is 1. The summed E-state index contributed by atoms with van der Waals surface area (Å²) in [7, 11) is 1.74. The smallest absolute Gasteiger partial charge is 0.328 e. The number of aromatic nitrogens is 1. The van der Waals surface area contributed by atoms with Crippen LogP contribution in [0.5, 0.6) is 0 Å². The number of nitrogens with zero attached hydrogens (tertiary/aromatic N) is 1. The number of nitrogens with one attached hydrogen (secondary N) is 2. The predicted octanol–water partition coefficient (Wildman–Crippen LogP) is 2.25. The maximum Gasteiger partial charge on any atom is 0.328 e. The lowest BCUT2D eigenvalue weighted by molar-refractivity contribution is -0.131. The first-order valence-corrected chi connectivity index (χ1v) is 6.43. The molecule has 6 nitrogen and oxygen atoms in total. The highest BCUT2D eigenvalue weighted by atomic mass is 16.4. The van der Waals surface area contributed by atoms with Crippen molar-refractivity contribution < 1.29 is 14.7 Å². The molecule has 0 aromatic carbocycles. The molecule has 0 unspecified atom stereocenters. The Morgan fingerprint density at radius 2 is 2.15 bits per heavy atom. The van der Waals surface area contributed by atoms with E-state index in [0.29, 0.717) is 24.3 Å². The molecule has 0 amide bonds. The van der Waals surface area contributed by atoms with E-state index in [2.05, 4.69) is 15.6 Å². The lowest BCUT2D eigenvalue weighted by atomic mass is 10.2. The molecule has 1 rings (SSSR count). The van der Waals surface area contributed by atoms with Gasteiger partial charge in [0.2, 0.25) is 0 Å². The van der Waals surface area contributed by atoms with Crippen molar-refractivity contribution in [3.63, 3.8) is 0 Å². The minimum atomic E-state index is -1.01. The van der Waals surface area contributed by atoms with Gasteiger partial charge in [-0.2, -0.15) is 0 Å². The van der Waals surface area contributed by atoms with E-state index >= 15 is 0 Å². The minimum absolute atomic E-state index is 0.401. The first-order chi connectivity index (χ1) is 9.67. The first-order valence-electron chi connectivity index (χ1n) is 6.43. The second-order valence-corrected chi connectivity index (χ2v) is 3.47. The molecule has 0 bridgehead atoms. The second-order valence-electron chi connectivity index (χ2n) is 3.47. The van der Waals surface area contributed by atoms with E-state index in [1.807, 2.05) is 13.8 Å². The molecule has 1 heterocycles. The molecule has 20 heavy (non-hydrogen) atoms. The number of anilines is 2. The molecular weight excluding hydrogens is 258 g/mol. The van der Waals surface area contributed by atoms with Crippen LogP contribution in [0.25, 0.3) is 6.08 Å². The SMILES string of the molecule is CC.CNc1ncc(/C=C/C(=O)O)cc1NCCC=O. The van der Waals surface area contributed by atoms with Crippen LogP contribution < -0.4 is 10.6 Å². The summed E-state index contributed by atoms with van der Waals surface area (Å²) in [4.78, 5) is 24.8. The molecular formula is C14H21N3O3. The molecule has 6 heteroatoms. The summed E-state index contributed by atoms with van der Waals surface area (Å²) in [6, 6.07) is 1.77.